The molecule has 2 aromatic carbocycles. The van der Waals surface area contributed by atoms with Crippen molar-refractivity contribution in [2.45, 2.75) is 20.4 Å². The zero-order valence-corrected chi connectivity index (χ0v) is 14.5. The molecule has 3 rings (SSSR count). The number of hydrogen-bond donors (Lipinski definition) is 0. The summed E-state index contributed by atoms with van der Waals surface area (Å²) in [6.07, 6.45) is 0. The molecule has 0 spiro atoms. The Morgan fingerprint density at radius 2 is 1.91 bits per heavy atom. The summed E-state index contributed by atoms with van der Waals surface area (Å²) in [6.45, 7) is 4.97. The van der Waals surface area contributed by atoms with Gasteiger partial charge in [-0.25, -0.2) is 0 Å². The van der Waals surface area contributed by atoms with Crippen molar-refractivity contribution < 1.29 is 4.74 Å². The fourth-order valence-corrected chi connectivity index (χ4v) is 3.33. The maximum atomic E-state index is 12.9. The number of hydrogen-bond acceptors (Lipinski definition) is 2. The highest BCUT2D eigenvalue weighted by molar-refractivity contribution is 9.09. The van der Waals surface area contributed by atoms with Crippen molar-refractivity contribution in [3.8, 4) is 5.75 Å². The number of halogens is 1. The van der Waals surface area contributed by atoms with Crippen LogP contribution in [0.3, 0.4) is 0 Å². The summed E-state index contributed by atoms with van der Waals surface area (Å²) in [6, 6.07) is 9.66. The SMILES string of the molecule is COc1ccc2c(c1)c(=O)c1ccc(C)c(C)c1n2CCBr. The third-order valence-corrected chi connectivity index (χ3v) is 4.62. The maximum Gasteiger partial charge on any atom is 0.197 e. The summed E-state index contributed by atoms with van der Waals surface area (Å²) in [5, 5.41) is 2.31. The highest BCUT2D eigenvalue weighted by Gasteiger charge is 2.14. The van der Waals surface area contributed by atoms with Crippen molar-refractivity contribution in [3.05, 3.63) is 51.7 Å². The number of aromatic nitrogens is 1. The van der Waals surface area contributed by atoms with E-state index < -0.39 is 0 Å². The number of rotatable bonds is 3. The second kappa shape index (κ2) is 5.76. The number of benzene rings is 2. The van der Waals surface area contributed by atoms with Crippen LogP contribution in [0.2, 0.25) is 0 Å². The Bertz CT molecular complexity index is 928. The van der Waals surface area contributed by atoms with E-state index >= 15 is 0 Å². The van der Waals surface area contributed by atoms with Crippen molar-refractivity contribution in [3.63, 3.8) is 0 Å². The van der Waals surface area contributed by atoms with Crippen LogP contribution >= 0.6 is 15.9 Å². The van der Waals surface area contributed by atoms with Crippen LogP contribution in [0.5, 0.6) is 5.75 Å². The van der Waals surface area contributed by atoms with E-state index in [2.05, 4.69) is 34.3 Å². The molecule has 0 atom stereocenters. The van der Waals surface area contributed by atoms with E-state index in [0.717, 1.165) is 33.9 Å². The number of fused-ring (bicyclic) bond motifs is 2. The molecule has 114 valence electrons. The number of alkyl halides is 1. The first-order chi connectivity index (χ1) is 10.6. The highest BCUT2D eigenvalue weighted by atomic mass is 79.9. The summed E-state index contributed by atoms with van der Waals surface area (Å²) >= 11 is 3.52. The fraction of sp³-hybridized carbons (Fsp3) is 0.278. The Hall–Kier alpha value is -1.81. The van der Waals surface area contributed by atoms with Crippen LogP contribution in [0.15, 0.2) is 35.1 Å². The van der Waals surface area contributed by atoms with Crippen LogP contribution < -0.4 is 10.2 Å². The predicted octanol–water partition coefficient (Wildman–Crippen LogP) is 4.18. The first kappa shape index (κ1) is 15.1. The van der Waals surface area contributed by atoms with Crippen molar-refractivity contribution in [2.75, 3.05) is 12.4 Å². The lowest BCUT2D eigenvalue weighted by atomic mass is 10.0. The molecule has 1 heterocycles. The lowest BCUT2D eigenvalue weighted by Gasteiger charge is -2.17. The third kappa shape index (κ3) is 2.22. The molecule has 0 aliphatic heterocycles. The molecule has 0 saturated carbocycles. The van der Waals surface area contributed by atoms with E-state index in [9.17, 15) is 4.79 Å². The van der Waals surface area contributed by atoms with Crippen LogP contribution in [0.1, 0.15) is 11.1 Å². The zero-order valence-electron chi connectivity index (χ0n) is 12.9. The molecule has 4 heteroatoms. The first-order valence-corrected chi connectivity index (χ1v) is 8.37. The monoisotopic (exact) mass is 359 g/mol. The molecule has 0 aliphatic rings. The van der Waals surface area contributed by atoms with Crippen molar-refractivity contribution in [1.82, 2.24) is 4.57 Å². The van der Waals surface area contributed by atoms with Crippen molar-refractivity contribution in [1.29, 1.82) is 0 Å². The summed E-state index contributed by atoms with van der Waals surface area (Å²) in [5.41, 5.74) is 4.41. The molecule has 22 heavy (non-hydrogen) atoms. The van der Waals surface area contributed by atoms with Gasteiger partial charge in [0.2, 0.25) is 0 Å². The number of nitrogens with zero attached hydrogens (tertiary/aromatic N) is 1. The van der Waals surface area contributed by atoms with Gasteiger partial charge in [-0.2, -0.15) is 0 Å². The fourth-order valence-electron chi connectivity index (χ4n) is 2.97. The standard InChI is InChI=1S/C18H18BrNO2/c1-11-4-6-14-17(12(11)2)20(9-8-19)16-7-5-13(22-3)10-15(16)18(14)21/h4-7,10H,8-9H2,1-3H3. The average molecular weight is 360 g/mol. The molecule has 3 nitrogen and oxygen atoms in total. The Morgan fingerprint density at radius 1 is 1.14 bits per heavy atom. The first-order valence-electron chi connectivity index (χ1n) is 7.25. The minimum atomic E-state index is 0.0674. The van der Waals surface area contributed by atoms with Crippen LogP contribution in [0, 0.1) is 13.8 Å². The quantitative estimate of drug-likeness (QED) is 0.518. The molecule has 0 bridgehead atoms. The molecule has 1 aromatic heterocycles. The van der Waals surface area contributed by atoms with Crippen molar-refractivity contribution >= 4 is 37.7 Å². The van der Waals surface area contributed by atoms with Gasteiger partial charge in [-0.05, 0) is 49.2 Å². The Kier molecular flexibility index (Phi) is 3.96. The molecule has 0 aliphatic carbocycles. The topological polar surface area (TPSA) is 31.2 Å². The number of ether oxygens (including phenoxy) is 1. The summed E-state index contributed by atoms with van der Waals surface area (Å²) in [5.74, 6) is 0.707. The minimum absolute atomic E-state index is 0.0674. The second-order valence-corrected chi connectivity index (χ2v) is 6.25. The summed E-state index contributed by atoms with van der Waals surface area (Å²) in [4.78, 5) is 12.9. The van der Waals surface area contributed by atoms with E-state index in [1.807, 2.05) is 30.3 Å². The molecule has 0 N–H and O–H groups in total. The van der Waals surface area contributed by atoms with Gasteiger partial charge in [-0.3, -0.25) is 4.79 Å². The molecular weight excluding hydrogens is 342 g/mol. The number of aryl methyl sites for hydroxylation is 3. The largest absolute Gasteiger partial charge is 0.497 e. The van der Waals surface area contributed by atoms with Crippen LogP contribution in [0.25, 0.3) is 21.8 Å². The van der Waals surface area contributed by atoms with E-state index in [1.54, 1.807) is 7.11 Å². The van der Waals surface area contributed by atoms with Crippen LogP contribution in [-0.4, -0.2) is 17.0 Å². The summed E-state index contributed by atoms with van der Waals surface area (Å²) < 4.78 is 7.50. The molecule has 0 radical (unpaired) electrons. The smallest absolute Gasteiger partial charge is 0.197 e. The van der Waals surface area contributed by atoms with E-state index in [0.29, 0.717) is 11.1 Å². The lowest BCUT2D eigenvalue weighted by Crippen LogP contribution is -2.13. The van der Waals surface area contributed by atoms with Gasteiger partial charge in [0.05, 0.1) is 18.1 Å². The average Bonchev–Trinajstić information content (AvgIpc) is 2.54. The number of methoxy groups -OCH3 is 1. The molecule has 0 amide bonds. The molecule has 0 fully saturated rings. The van der Waals surface area contributed by atoms with Gasteiger partial charge in [0.15, 0.2) is 5.43 Å². The molecule has 0 unspecified atom stereocenters. The van der Waals surface area contributed by atoms with Crippen LogP contribution in [0.4, 0.5) is 0 Å². The Morgan fingerprint density at radius 3 is 2.59 bits per heavy atom. The van der Waals surface area contributed by atoms with E-state index in [4.69, 9.17) is 4.74 Å². The molecular formula is C18H18BrNO2. The van der Waals surface area contributed by atoms with E-state index in [-0.39, 0.29) is 5.43 Å². The summed E-state index contributed by atoms with van der Waals surface area (Å²) in [7, 11) is 1.62. The third-order valence-electron chi connectivity index (χ3n) is 4.26. The second-order valence-electron chi connectivity index (χ2n) is 5.46. The Labute approximate surface area is 137 Å². The highest BCUT2D eigenvalue weighted by Crippen LogP contribution is 2.26. The van der Waals surface area contributed by atoms with Gasteiger partial charge >= 0.3 is 0 Å². The van der Waals surface area contributed by atoms with Gasteiger partial charge in [0.1, 0.15) is 5.75 Å². The lowest BCUT2D eigenvalue weighted by molar-refractivity contribution is 0.415. The molecule has 0 saturated heterocycles. The Balaban J connectivity index is 2.58. The van der Waals surface area contributed by atoms with Crippen LogP contribution in [-0.2, 0) is 6.54 Å². The molecule has 3 aromatic rings. The van der Waals surface area contributed by atoms with Gasteiger partial charge in [0.25, 0.3) is 0 Å². The zero-order chi connectivity index (χ0) is 15.9. The van der Waals surface area contributed by atoms with E-state index in [1.165, 1.54) is 5.56 Å². The normalized spacial score (nSPS) is 11.3. The minimum Gasteiger partial charge on any atom is -0.497 e. The van der Waals surface area contributed by atoms with Gasteiger partial charge in [-0.15, -0.1) is 0 Å². The van der Waals surface area contributed by atoms with Crippen molar-refractivity contribution in [2.24, 2.45) is 0 Å². The van der Waals surface area contributed by atoms with Gasteiger partial charge in [0, 0.05) is 22.6 Å². The van der Waals surface area contributed by atoms with Gasteiger partial charge in [-0.1, -0.05) is 22.0 Å². The predicted molar refractivity (Wildman–Crippen MR) is 95.5 cm³/mol. The van der Waals surface area contributed by atoms with Gasteiger partial charge < -0.3 is 9.30 Å². The number of pyridine rings is 1. The maximum absolute atomic E-state index is 12.9.